The zero-order chi connectivity index (χ0) is 10.6. The number of carboxylic acid groups (broad SMARTS) is 1. The molecular weight excluding hydrogens is 263 g/mol. The Morgan fingerprint density at radius 2 is 1.47 bits per heavy atom. The van der Waals surface area contributed by atoms with Crippen molar-refractivity contribution < 1.29 is 82.1 Å². The van der Waals surface area contributed by atoms with Crippen molar-refractivity contribution in [3.63, 3.8) is 0 Å². The molecule has 0 aromatic heterocycles. The molecule has 0 rings (SSSR count). The van der Waals surface area contributed by atoms with Gasteiger partial charge in [0.15, 0.2) is 6.10 Å². The number of aliphatic hydroxyl groups excluding tert-OH is 5. The predicted octanol–water partition coefficient (Wildman–Crippen LogP) is -6.49. The largest absolute Gasteiger partial charge is 3.00 e. The molecule has 9 heteroatoms. The Kier molecular flexibility index (Phi) is 14.0. The molecule has 83 valence electrons. The van der Waals surface area contributed by atoms with Gasteiger partial charge in [0.2, 0.25) is 0 Å². The van der Waals surface area contributed by atoms with Crippen molar-refractivity contribution in [1.82, 2.24) is 0 Å². The first-order valence-corrected chi connectivity index (χ1v) is 3.47. The van der Waals surface area contributed by atoms with Crippen LogP contribution < -0.4 is 29.6 Å². The number of hydrogen-bond acceptors (Lipinski definition) is 6. The Hall–Kier alpha value is 0.789. The van der Waals surface area contributed by atoms with Gasteiger partial charge < -0.3 is 30.6 Å². The van der Waals surface area contributed by atoms with Crippen LogP contribution in [0.3, 0.4) is 0 Å². The quantitative estimate of drug-likeness (QED) is 0.274. The predicted molar refractivity (Wildman–Crippen MR) is 38.7 cm³/mol. The number of hydrogen-bond donors (Lipinski definition) is 6. The molecule has 0 aliphatic carbocycles. The second kappa shape index (κ2) is 9.98. The minimum absolute atomic E-state index is 0. The van der Waals surface area contributed by atoms with Crippen molar-refractivity contribution in [2.45, 2.75) is 24.4 Å². The van der Waals surface area contributed by atoms with Gasteiger partial charge in [0.1, 0.15) is 18.3 Å². The first kappa shape index (κ1) is 21.1. The van der Waals surface area contributed by atoms with Crippen molar-refractivity contribution >= 4 is 5.97 Å². The molecule has 0 saturated heterocycles. The SMILES string of the molecule is O=C(O)[C@H](O)[C@@H](O)[C@H](O)[C@H](O)CO.[Fe+3].[Na+]. The maximum atomic E-state index is 10.1. The summed E-state index contributed by atoms with van der Waals surface area (Å²) in [6.45, 7) is -0.843. The van der Waals surface area contributed by atoms with Gasteiger partial charge in [-0.1, -0.05) is 0 Å². The van der Waals surface area contributed by atoms with Crippen LogP contribution in [-0.4, -0.2) is 67.6 Å². The molecule has 0 unspecified atom stereocenters. The molecule has 4 atom stereocenters. The Morgan fingerprint density at radius 1 is 1.07 bits per heavy atom. The van der Waals surface area contributed by atoms with E-state index in [0.29, 0.717) is 0 Å². The van der Waals surface area contributed by atoms with Crippen LogP contribution in [0.25, 0.3) is 0 Å². The average molecular weight is 275 g/mol. The van der Waals surface area contributed by atoms with Crippen LogP contribution in [0.4, 0.5) is 0 Å². The molecule has 0 aromatic rings. The fraction of sp³-hybridized carbons (Fsp3) is 0.833. The molecule has 1 radical (unpaired) electrons. The maximum absolute atomic E-state index is 10.1. The van der Waals surface area contributed by atoms with E-state index in [1.165, 1.54) is 0 Å². The standard InChI is InChI=1S/C6H12O7.Fe.Na/c7-1-2(8)3(9)4(10)5(11)6(12)13;;/h2-5,7-11H,1H2,(H,12,13);;/q;+3;+1/t2-,3-,4+,5-;;/m1../s1. The van der Waals surface area contributed by atoms with Gasteiger partial charge in [-0.3, -0.25) is 0 Å². The summed E-state index contributed by atoms with van der Waals surface area (Å²) in [4.78, 5) is 10.1. The summed E-state index contributed by atoms with van der Waals surface area (Å²) in [6.07, 6.45) is -7.84. The first-order valence-electron chi connectivity index (χ1n) is 3.47. The molecule has 0 bridgehead atoms. The summed E-state index contributed by atoms with van der Waals surface area (Å²) in [6, 6.07) is 0. The number of carbonyl (C=O) groups is 1. The van der Waals surface area contributed by atoms with E-state index in [1.54, 1.807) is 0 Å². The van der Waals surface area contributed by atoms with E-state index >= 15 is 0 Å². The summed E-state index contributed by atoms with van der Waals surface area (Å²) in [5.74, 6) is -1.73. The Balaban J connectivity index is -0.000000720. The van der Waals surface area contributed by atoms with Crippen LogP contribution in [0.5, 0.6) is 0 Å². The summed E-state index contributed by atoms with van der Waals surface area (Å²) >= 11 is 0. The van der Waals surface area contributed by atoms with Gasteiger partial charge in [-0.25, -0.2) is 4.79 Å². The van der Waals surface area contributed by atoms with Gasteiger partial charge in [-0.05, 0) is 0 Å². The monoisotopic (exact) mass is 275 g/mol. The molecule has 6 N–H and O–H groups in total. The molecule has 0 aliphatic heterocycles. The molecule has 15 heavy (non-hydrogen) atoms. The first-order chi connectivity index (χ1) is 5.91. The van der Waals surface area contributed by atoms with E-state index in [9.17, 15) is 4.79 Å². The molecule has 0 spiro atoms. The van der Waals surface area contributed by atoms with E-state index in [0.717, 1.165) is 0 Å². The van der Waals surface area contributed by atoms with E-state index in [2.05, 4.69) is 0 Å². The topological polar surface area (TPSA) is 138 Å². The van der Waals surface area contributed by atoms with E-state index in [-0.39, 0.29) is 46.6 Å². The summed E-state index contributed by atoms with van der Waals surface area (Å²) < 4.78 is 0. The molecule has 0 saturated carbocycles. The van der Waals surface area contributed by atoms with Gasteiger partial charge in [0, 0.05) is 0 Å². The maximum Gasteiger partial charge on any atom is 3.00 e. The molecular formula is C6H12FeNaO7+4. The van der Waals surface area contributed by atoms with Crippen molar-refractivity contribution in [1.29, 1.82) is 0 Å². The van der Waals surface area contributed by atoms with Crippen LogP contribution in [0, 0.1) is 0 Å². The third-order valence-corrected chi connectivity index (χ3v) is 1.51. The van der Waals surface area contributed by atoms with Crippen LogP contribution in [0.2, 0.25) is 0 Å². The Labute approximate surface area is 118 Å². The third kappa shape index (κ3) is 6.85. The van der Waals surface area contributed by atoms with E-state index < -0.39 is 37.0 Å². The van der Waals surface area contributed by atoms with Gasteiger partial charge in [0.05, 0.1) is 6.61 Å². The minimum Gasteiger partial charge on any atom is -0.479 e. The fourth-order valence-electron chi connectivity index (χ4n) is 0.668. The van der Waals surface area contributed by atoms with Gasteiger partial charge in [0.25, 0.3) is 0 Å². The van der Waals surface area contributed by atoms with Crippen molar-refractivity contribution in [2.75, 3.05) is 6.61 Å². The van der Waals surface area contributed by atoms with Gasteiger partial charge in [-0.15, -0.1) is 0 Å². The molecule has 0 heterocycles. The molecule has 0 aliphatic rings. The van der Waals surface area contributed by atoms with Crippen molar-refractivity contribution in [2.24, 2.45) is 0 Å². The molecule has 7 nitrogen and oxygen atoms in total. The van der Waals surface area contributed by atoms with Crippen LogP contribution >= 0.6 is 0 Å². The fourth-order valence-corrected chi connectivity index (χ4v) is 0.668. The van der Waals surface area contributed by atoms with Crippen LogP contribution in [-0.2, 0) is 21.9 Å². The van der Waals surface area contributed by atoms with Crippen LogP contribution in [0.1, 0.15) is 0 Å². The number of carboxylic acids is 1. The Bertz CT molecular complexity index is 181. The smallest absolute Gasteiger partial charge is 0.479 e. The van der Waals surface area contributed by atoms with Crippen molar-refractivity contribution in [3.05, 3.63) is 0 Å². The summed E-state index contributed by atoms with van der Waals surface area (Å²) in [5, 5.41) is 51.8. The second-order valence-electron chi connectivity index (χ2n) is 2.51. The number of aliphatic hydroxyl groups is 5. The van der Waals surface area contributed by atoms with E-state index in [4.69, 9.17) is 30.6 Å². The molecule has 0 aromatic carbocycles. The zero-order valence-corrected chi connectivity index (χ0v) is 11.1. The normalized spacial score (nSPS) is 17.7. The molecule has 0 fully saturated rings. The van der Waals surface area contributed by atoms with Gasteiger partial charge >= 0.3 is 52.6 Å². The van der Waals surface area contributed by atoms with Crippen molar-refractivity contribution in [3.8, 4) is 0 Å². The van der Waals surface area contributed by atoms with E-state index in [1.807, 2.05) is 0 Å². The zero-order valence-electron chi connectivity index (χ0n) is 7.96. The summed E-state index contributed by atoms with van der Waals surface area (Å²) in [5.41, 5.74) is 0. The number of aliphatic carboxylic acids is 1. The number of rotatable bonds is 5. The Morgan fingerprint density at radius 3 is 1.73 bits per heavy atom. The van der Waals surface area contributed by atoms with Crippen LogP contribution in [0.15, 0.2) is 0 Å². The second-order valence-corrected chi connectivity index (χ2v) is 2.51. The molecule has 0 amide bonds. The minimum atomic E-state index is -2.20. The summed E-state index contributed by atoms with van der Waals surface area (Å²) in [7, 11) is 0. The average Bonchev–Trinajstić information content (AvgIpc) is 2.12. The third-order valence-electron chi connectivity index (χ3n) is 1.51. The van der Waals surface area contributed by atoms with Gasteiger partial charge in [-0.2, -0.15) is 0 Å².